The van der Waals surface area contributed by atoms with Crippen molar-refractivity contribution < 1.29 is 4.79 Å². The molecule has 1 aliphatic heterocycles. The van der Waals surface area contributed by atoms with E-state index in [1.807, 2.05) is 30.3 Å². The molecule has 1 aliphatic rings. The van der Waals surface area contributed by atoms with Crippen LogP contribution in [0.15, 0.2) is 36.4 Å². The molecule has 0 spiro atoms. The number of fused-ring (bicyclic) bond motifs is 1. The maximum Gasteiger partial charge on any atom is 0.261 e. The summed E-state index contributed by atoms with van der Waals surface area (Å²) in [6.45, 7) is 1.96. The number of carbonyl (C=O) groups excluding carboxylic acids is 1. The second-order valence-corrected chi connectivity index (χ2v) is 7.76. The number of halogens is 1. The van der Waals surface area contributed by atoms with Gasteiger partial charge in [-0.15, -0.1) is 35.1 Å². The van der Waals surface area contributed by atoms with Crippen molar-refractivity contribution >= 4 is 51.2 Å². The van der Waals surface area contributed by atoms with E-state index in [4.69, 9.17) is 0 Å². The molecule has 7 heteroatoms. The van der Waals surface area contributed by atoms with Gasteiger partial charge in [-0.3, -0.25) is 4.79 Å². The highest BCUT2D eigenvalue weighted by Gasteiger charge is 2.18. The molecule has 3 aromatic rings. The summed E-state index contributed by atoms with van der Waals surface area (Å²) in [5.74, 6) is 0.0364. The van der Waals surface area contributed by atoms with Gasteiger partial charge in [-0.05, 0) is 50.2 Å². The second kappa shape index (κ2) is 7.61. The average Bonchev–Trinajstić information content (AvgIpc) is 3.22. The minimum atomic E-state index is 0. The highest BCUT2D eigenvalue weighted by Crippen LogP contribution is 2.34. The number of thiophene rings is 1. The molecule has 24 heavy (non-hydrogen) atoms. The molecular formula is C17H18ClN3OS2. The van der Waals surface area contributed by atoms with Crippen LogP contribution in [0.5, 0.6) is 0 Å². The van der Waals surface area contributed by atoms with Crippen LogP contribution in [0.3, 0.4) is 0 Å². The monoisotopic (exact) mass is 379 g/mol. The van der Waals surface area contributed by atoms with Gasteiger partial charge in [0, 0.05) is 6.04 Å². The van der Waals surface area contributed by atoms with Gasteiger partial charge in [-0.1, -0.05) is 12.1 Å². The SMILES string of the molecule is Cl.O=C(NC1CCNCC1)c1ccc(-c2nc3ccccc3s2)s1. The van der Waals surface area contributed by atoms with E-state index in [2.05, 4.69) is 21.7 Å². The summed E-state index contributed by atoms with van der Waals surface area (Å²) in [4.78, 5) is 18.9. The molecule has 0 aliphatic carbocycles. The lowest BCUT2D eigenvalue weighted by Gasteiger charge is -2.23. The third-order valence-corrected chi connectivity index (χ3v) is 6.30. The maximum absolute atomic E-state index is 12.4. The Balaban J connectivity index is 0.00000169. The summed E-state index contributed by atoms with van der Waals surface area (Å²) in [7, 11) is 0. The van der Waals surface area contributed by atoms with E-state index in [0.717, 1.165) is 46.2 Å². The fraction of sp³-hybridized carbons (Fsp3) is 0.294. The Morgan fingerprint density at radius 2 is 1.92 bits per heavy atom. The van der Waals surface area contributed by atoms with Crippen LogP contribution in [0.2, 0.25) is 0 Å². The molecule has 4 nitrogen and oxygen atoms in total. The number of aromatic nitrogens is 1. The van der Waals surface area contributed by atoms with Crippen LogP contribution in [0.1, 0.15) is 22.5 Å². The Hall–Kier alpha value is -1.47. The quantitative estimate of drug-likeness (QED) is 0.725. The van der Waals surface area contributed by atoms with Crippen molar-refractivity contribution in [1.29, 1.82) is 0 Å². The minimum absolute atomic E-state index is 0. The van der Waals surface area contributed by atoms with E-state index in [9.17, 15) is 4.79 Å². The van der Waals surface area contributed by atoms with Gasteiger partial charge in [0.05, 0.1) is 20.0 Å². The van der Waals surface area contributed by atoms with Crippen molar-refractivity contribution in [1.82, 2.24) is 15.6 Å². The summed E-state index contributed by atoms with van der Waals surface area (Å²) in [5.41, 5.74) is 1.02. The van der Waals surface area contributed by atoms with Crippen LogP contribution in [0.4, 0.5) is 0 Å². The van der Waals surface area contributed by atoms with Crippen LogP contribution in [0, 0.1) is 0 Å². The molecule has 126 valence electrons. The molecule has 0 saturated carbocycles. The van der Waals surface area contributed by atoms with Crippen LogP contribution < -0.4 is 10.6 Å². The number of nitrogens with zero attached hydrogens (tertiary/aromatic N) is 1. The Bertz CT molecular complexity index is 806. The molecule has 2 aromatic heterocycles. The van der Waals surface area contributed by atoms with Crippen LogP contribution in [-0.4, -0.2) is 30.0 Å². The van der Waals surface area contributed by atoms with E-state index in [1.165, 1.54) is 16.0 Å². The Kier molecular flexibility index (Phi) is 5.50. The van der Waals surface area contributed by atoms with Crippen molar-refractivity contribution in [3.05, 3.63) is 41.3 Å². The number of para-hydroxylation sites is 1. The molecular weight excluding hydrogens is 362 g/mol. The number of piperidine rings is 1. The standard InChI is InChI=1S/C17H17N3OS2.ClH/c21-16(19-11-7-9-18-10-8-11)14-5-6-15(22-14)17-20-12-3-1-2-4-13(12)23-17;/h1-6,11,18H,7-10H2,(H,19,21);1H. The maximum atomic E-state index is 12.4. The first-order valence-corrected chi connectivity index (χ1v) is 9.40. The van der Waals surface area contributed by atoms with Gasteiger partial charge in [-0.25, -0.2) is 4.98 Å². The largest absolute Gasteiger partial charge is 0.349 e. The number of hydrogen-bond acceptors (Lipinski definition) is 5. The molecule has 1 saturated heterocycles. The number of nitrogens with one attached hydrogen (secondary N) is 2. The van der Waals surface area contributed by atoms with E-state index < -0.39 is 0 Å². The number of amides is 1. The fourth-order valence-electron chi connectivity index (χ4n) is 2.78. The number of hydrogen-bond donors (Lipinski definition) is 2. The zero-order valence-corrected chi connectivity index (χ0v) is 15.4. The molecule has 0 bridgehead atoms. The van der Waals surface area contributed by atoms with Gasteiger partial charge in [0.25, 0.3) is 5.91 Å². The van der Waals surface area contributed by atoms with Crippen LogP contribution in [0.25, 0.3) is 20.1 Å². The average molecular weight is 380 g/mol. The van der Waals surface area contributed by atoms with Crippen LogP contribution in [-0.2, 0) is 0 Å². The molecule has 1 amide bonds. The lowest BCUT2D eigenvalue weighted by atomic mass is 10.1. The van der Waals surface area contributed by atoms with Crippen molar-refractivity contribution in [2.24, 2.45) is 0 Å². The van der Waals surface area contributed by atoms with Gasteiger partial charge in [-0.2, -0.15) is 0 Å². The number of thiazole rings is 1. The van der Waals surface area contributed by atoms with Gasteiger partial charge in [0.2, 0.25) is 0 Å². The predicted molar refractivity (Wildman–Crippen MR) is 104 cm³/mol. The zero-order valence-electron chi connectivity index (χ0n) is 13.0. The summed E-state index contributed by atoms with van der Waals surface area (Å²) in [6.07, 6.45) is 2.00. The number of carbonyl (C=O) groups is 1. The molecule has 3 heterocycles. The van der Waals surface area contributed by atoms with E-state index >= 15 is 0 Å². The topological polar surface area (TPSA) is 54.0 Å². The molecule has 0 radical (unpaired) electrons. The number of benzene rings is 1. The second-order valence-electron chi connectivity index (χ2n) is 5.65. The van der Waals surface area contributed by atoms with E-state index in [0.29, 0.717) is 0 Å². The summed E-state index contributed by atoms with van der Waals surface area (Å²) < 4.78 is 1.18. The normalized spacial score (nSPS) is 15.2. The lowest BCUT2D eigenvalue weighted by molar-refractivity contribution is 0.0933. The lowest BCUT2D eigenvalue weighted by Crippen LogP contribution is -2.42. The molecule has 1 fully saturated rings. The van der Waals surface area contributed by atoms with E-state index in [1.54, 1.807) is 11.3 Å². The molecule has 2 N–H and O–H groups in total. The Labute approximate surface area is 154 Å². The summed E-state index contributed by atoms with van der Waals surface area (Å²) >= 11 is 3.19. The Morgan fingerprint density at radius 3 is 2.71 bits per heavy atom. The van der Waals surface area contributed by atoms with Crippen molar-refractivity contribution in [3.63, 3.8) is 0 Å². The molecule has 1 aromatic carbocycles. The molecule has 0 atom stereocenters. The fourth-order valence-corrected chi connectivity index (χ4v) is 4.70. The third-order valence-electron chi connectivity index (χ3n) is 4.01. The first-order valence-electron chi connectivity index (χ1n) is 7.77. The molecule has 4 rings (SSSR count). The predicted octanol–water partition coefficient (Wildman–Crippen LogP) is 3.93. The van der Waals surface area contributed by atoms with Gasteiger partial charge in [0.15, 0.2) is 0 Å². The highest BCUT2D eigenvalue weighted by atomic mass is 35.5. The first kappa shape index (κ1) is 17.4. The van der Waals surface area contributed by atoms with Crippen molar-refractivity contribution in [3.8, 4) is 9.88 Å². The minimum Gasteiger partial charge on any atom is -0.349 e. The highest BCUT2D eigenvalue weighted by molar-refractivity contribution is 7.26. The van der Waals surface area contributed by atoms with Crippen molar-refractivity contribution in [2.75, 3.05) is 13.1 Å². The van der Waals surface area contributed by atoms with Crippen LogP contribution >= 0.6 is 35.1 Å². The summed E-state index contributed by atoms with van der Waals surface area (Å²) in [6, 6.07) is 12.3. The Morgan fingerprint density at radius 1 is 1.12 bits per heavy atom. The van der Waals surface area contributed by atoms with E-state index in [-0.39, 0.29) is 24.4 Å². The smallest absolute Gasteiger partial charge is 0.261 e. The molecule has 0 unspecified atom stereocenters. The third kappa shape index (κ3) is 3.62. The van der Waals surface area contributed by atoms with Gasteiger partial charge < -0.3 is 10.6 Å². The summed E-state index contributed by atoms with van der Waals surface area (Å²) in [5, 5.41) is 7.43. The van der Waals surface area contributed by atoms with Gasteiger partial charge >= 0.3 is 0 Å². The van der Waals surface area contributed by atoms with Gasteiger partial charge in [0.1, 0.15) is 5.01 Å². The number of rotatable bonds is 3. The zero-order chi connectivity index (χ0) is 15.6. The van der Waals surface area contributed by atoms with Crippen molar-refractivity contribution in [2.45, 2.75) is 18.9 Å². The first-order chi connectivity index (χ1) is 11.3.